The molecule has 0 atom stereocenters. The number of benzene rings is 2. The molecule has 0 aliphatic carbocycles. The van der Waals surface area contributed by atoms with Crippen molar-refractivity contribution in [2.24, 2.45) is 0 Å². The number of piperazine rings is 1. The summed E-state index contributed by atoms with van der Waals surface area (Å²) in [5, 5.41) is 9.95. The van der Waals surface area contributed by atoms with Crippen molar-refractivity contribution in [2.75, 3.05) is 31.1 Å². The molecule has 0 radical (unpaired) electrons. The van der Waals surface area contributed by atoms with Crippen molar-refractivity contribution in [1.82, 2.24) is 20.1 Å². The molecule has 0 bridgehead atoms. The van der Waals surface area contributed by atoms with E-state index >= 15 is 0 Å². The molecule has 0 amide bonds. The summed E-state index contributed by atoms with van der Waals surface area (Å²) in [7, 11) is 0. The quantitative estimate of drug-likeness (QED) is 0.564. The lowest BCUT2D eigenvalue weighted by Crippen LogP contribution is -2.46. The molecule has 1 saturated heterocycles. The van der Waals surface area contributed by atoms with Crippen molar-refractivity contribution in [3.63, 3.8) is 0 Å². The number of rotatable bonds is 4. The summed E-state index contributed by atoms with van der Waals surface area (Å²) in [6.45, 7) is 6.80. The van der Waals surface area contributed by atoms with Gasteiger partial charge in [0.2, 0.25) is 0 Å². The third kappa shape index (κ3) is 3.40. The van der Waals surface area contributed by atoms with Gasteiger partial charge >= 0.3 is 0 Å². The summed E-state index contributed by atoms with van der Waals surface area (Å²) in [5.41, 5.74) is 4.10. The molecule has 6 nitrogen and oxygen atoms in total. The van der Waals surface area contributed by atoms with Gasteiger partial charge in [-0.25, -0.2) is 0 Å². The van der Waals surface area contributed by atoms with Crippen molar-refractivity contribution in [2.45, 2.75) is 19.9 Å². The number of anilines is 1. The first-order valence-electron chi connectivity index (χ1n) is 10.3. The number of aromatic nitrogens is 3. The van der Waals surface area contributed by atoms with Gasteiger partial charge in [0.05, 0.1) is 5.52 Å². The highest BCUT2D eigenvalue weighted by Crippen LogP contribution is 2.25. The first kappa shape index (κ1) is 17.9. The SMILES string of the molecule is CCc1cc2ccc(CN3CCN(c4n[nH]c5ccccc45)CC3)cc2[nH]c1=O. The van der Waals surface area contributed by atoms with Gasteiger partial charge in [0.25, 0.3) is 5.56 Å². The van der Waals surface area contributed by atoms with E-state index in [9.17, 15) is 4.79 Å². The lowest BCUT2D eigenvalue weighted by Gasteiger charge is -2.35. The molecule has 3 heterocycles. The van der Waals surface area contributed by atoms with Crippen LogP contribution >= 0.6 is 0 Å². The van der Waals surface area contributed by atoms with Crippen LogP contribution in [0.2, 0.25) is 0 Å². The molecule has 1 aliphatic rings. The maximum Gasteiger partial charge on any atom is 0.251 e. The number of para-hydroxylation sites is 1. The third-order valence-corrected chi connectivity index (χ3v) is 5.90. The Hall–Kier alpha value is -3.12. The Labute approximate surface area is 169 Å². The molecule has 1 aliphatic heterocycles. The average Bonchev–Trinajstić information content (AvgIpc) is 3.18. The van der Waals surface area contributed by atoms with E-state index in [1.807, 2.05) is 19.1 Å². The molecule has 148 valence electrons. The maximum absolute atomic E-state index is 12.1. The van der Waals surface area contributed by atoms with Crippen LogP contribution in [0.5, 0.6) is 0 Å². The van der Waals surface area contributed by atoms with Gasteiger partial charge in [0.1, 0.15) is 0 Å². The smallest absolute Gasteiger partial charge is 0.251 e. The Morgan fingerprint density at radius 3 is 2.66 bits per heavy atom. The number of nitrogens with zero attached hydrogens (tertiary/aromatic N) is 3. The van der Waals surface area contributed by atoms with Gasteiger partial charge in [-0.2, -0.15) is 5.10 Å². The van der Waals surface area contributed by atoms with E-state index in [2.05, 4.69) is 61.4 Å². The number of nitrogens with one attached hydrogen (secondary N) is 2. The summed E-state index contributed by atoms with van der Waals surface area (Å²) in [6.07, 6.45) is 0.753. The van der Waals surface area contributed by atoms with Crippen LogP contribution in [-0.2, 0) is 13.0 Å². The van der Waals surface area contributed by atoms with Gasteiger partial charge in [0.15, 0.2) is 5.82 Å². The van der Waals surface area contributed by atoms with Crippen LogP contribution in [0.1, 0.15) is 18.1 Å². The van der Waals surface area contributed by atoms with Crippen molar-refractivity contribution in [3.8, 4) is 0 Å². The summed E-state index contributed by atoms with van der Waals surface area (Å²) in [6, 6.07) is 16.7. The highest BCUT2D eigenvalue weighted by atomic mass is 16.1. The number of aryl methyl sites for hydroxylation is 1. The minimum Gasteiger partial charge on any atom is -0.352 e. The lowest BCUT2D eigenvalue weighted by molar-refractivity contribution is 0.249. The van der Waals surface area contributed by atoms with Crippen LogP contribution in [0, 0.1) is 0 Å². The van der Waals surface area contributed by atoms with Crippen LogP contribution in [-0.4, -0.2) is 46.3 Å². The lowest BCUT2D eigenvalue weighted by atomic mass is 10.1. The summed E-state index contributed by atoms with van der Waals surface area (Å²) >= 11 is 0. The van der Waals surface area contributed by atoms with Gasteiger partial charge in [0, 0.05) is 49.2 Å². The number of hydrogen-bond acceptors (Lipinski definition) is 4. The number of hydrogen-bond donors (Lipinski definition) is 2. The number of fused-ring (bicyclic) bond motifs is 2. The summed E-state index contributed by atoms with van der Waals surface area (Å²) in [4.78, 5) is 20.0. The third-order valence-electron chi connectivity index (χ3n) is 5.90. The molecule has 5 rings (SSSR count). The van der Waals surface area contributed by atoms with E-state index in [1.165, 1.54) is 10.9 Å². The second-order valence-electron chi connectivity index (χ2n) is 7.75. The van der Waals surface area contributed by atoms with Crippen LogP contribution in [0.4, 0.5) is 5.82 Å². The van der Waals surface area contributed by atoms with Gasteiger partial charge in [-0.1, -0.05) is 31.2 Å². The standard InChI is InChI=1S/C23H25N5O/c1-2-17-14-18-8-7-16(13-21(18)24-23(17)29)15-27-9-11-28(12-10-27)22-19-5-3-4-6-20(19)25-26-22/h3-8,13-14H,2,9-12,15H2,1H3,(H,24,29)(H,25,26). The molecule has 6 heteroatoms. The van der Waals surface area contributed by atoms with E-state index in [0.29, 0.717) is 0 Å². The second kappa shape index (κ2) is 7.37. The highest BCUT2D eigenvalue weighted by molar-refractivity contribution is 5.90. The van der Waals surface area contributed by atoms with E-state index in [4.69, 9.17) is 0 Å². The van der Waals surface area contributed by atoms with E-state index in [0.717, 1.165) is 66.9 Å². The van der Waals surface area contributed by atoms with E-state index in [-0.39, 0.29) is 5.56 Å². The van der Waals surface area contributed by atoms with Crippen molar-refractivity contribution in [1.29, 1.82) is 0 Å². The molecule has 0 saturated carbocycles. The van der Waals surface area contributed by atoms with Crippen molar-refractivity contribution < 1.29 is 0 Å². The zero-order chi connectivity index (χ0) is 19.8. The summed E-state index contributed by atoms with van der Waals surface area (Å²) < 4.78 is 0. The Morgan fingerprint density at radius 2 is 1.83 bits per heavy atom. The molecular formula is C23H25N5O. The van der Waals surface area contributed by atoms with Gasteiger partial charge in [-0.05, 0) is 41.6 Å². The highest BCUT2D eigenvalue weighted by Gasteiger charge is 2.20. The van der Waals surface area contributed by atoms with Gasteiger partial charge < -0.3 is 9.88 Å². The Kier molecular flexibility index (Phi) is 4.56. The van der Waals surface area contributed by atoms with E-state index in [1.54, 1.807) is 0 Å². The van der Waals surface area contributed by atoms with Crippen molar-refractivity contribution >= 4 is 27.6 Å². The zero-order valence-corrected chi connectivity index (χ0v) is 16.6. The number of pyridine rings is 1. The van der Waals surface area contributed by atoms with E-state index < -0.39 is 0 Å². The fourth-order valence-electron chi connectivity index (χ4n) is 4.22. The van der Waals surface area contributed by atoms with Crippen LogP contribution < -0.4 is 10.5 Å². The van der Waals surface area contributed by atoms with Crippen molar-refractivity contribution in [3.05, 3.63) is 70.0 Å². The normalized spacial score (nSPS) is 15.4. The monoisotopic (exact) mass is 387 g/mol. The Morgan fingerprint density at radius 1 is 1.00 bits per heavy atom. The molecule has 2 aromatic carbocycles. The van der Waals surface area contributed by atoms with Crippen LogP contribution in [0.15, 0.2) is 53.3 Å². The minimum absolute atomic E-state index is 0.0250. The average molecular weight is 387 g/mol. The number of aromatic amines is 2. The predicted molar refractivity (Wildman–Crippen MR) is 118 cm³/mol. The Balaban J connectivity index is 1.28. The molecule has 0 spiro atoms. The summed E-state index contributed by atoms with van der Waals surface area (Å²) in [5.74, 6) is 1.05. The first-order valence-corrected chi connectivity index (χ1v) is 10.3. The Bertz CT molecular complexity index is 1220. The molecule has 4 aromatic rings. The molecule has 2 aromatic heterocycles. The molecule has 1 fully saturated rings. The van der Waals surface area contributed by atoms with Gasteiger partial charge in [-0.15, -0.1) is 0 Å². The second-order valence-corrected chi connectivity index (χ2v) is 7.75. The number of H-pyrrole nitrogens is 2. The fourth-order valence-corrected chi connectivity index (χ4v) is 4.22. The maximum atomic E-state index is 12.1. The zero-order valence-electron chi connectivity index (χ0n) is 16.6. The topological polar surface area (TPSA) is 68.0 Å². The van der Waals surface area contributed by atoms with Gasteiger partial charge in [-0.3, -0.25) is 14.8 Å². The molecule has 0 unspecified atom stereocenters. The molecule has 2 N–H and O–H groups in total. The predicted octanol–water partition coefficient (Wildman–Crippen LogP) is 3.29. The fraction of sp³-hybridized carbons (Fsp3) is 0.304. The van der Waals surface area contributed by atoms with Crippen LogP contribution in [0.3, 0.4) is 0 Å². The minimum atomic E-state index is 0.0250. The molecule has 29 heavy (non-hydrogen) atoms. The molecular weight excluding hydrogens is 362 g/mol. The van der Waals surface area contributed by atoms with Crippen LogP contribution in [0.25, 0.3) is 21.8 Å². The largest absolute Gasteiger partial charge is 0.352 e. The first-order chi connectivity index (χ1) is 14.2.